The van der Waals surface area contributed by atoms with Crippen LogP contribution in [0.3, 0.4) is 0 Å². The maximum atomic E-state index is 13.9. The second-order valence-electron chi connectivity index (χ2n) is 8.90. The number of nitrogens with zero attached hydrogens (tertiary/aromatic N) is 1. The molecule has 0 saturated carbocycles. The fourth-order valence-electron chi connectivity index (χ4n) is 4.22. The molecule has 0 aliphatic carbocycles. The maximum Gasteiger partial charge on any atom is 0.410 e. The summed E-state index contributed by atoms with van der Waals surface area (Å²) < 4.78 is 37.3. The number of ketones is 1. The van der Waals surface area contributed by atoms with Crippen LogP contribution in [0.4, 0.5) is 9.18 Å². The van der Waals surface area contributed by atoms with E-state index in [1.165, 1.54) is 18.2 Å². The summed E-state index contributed by atoms with van der Waals surface area (Å²) in [5.74, 6) is -1.18. The summed E-state index contributed by atoms with van der Waals surface area (Å²) in [5, 5.41) is 0. The number of halogens is 1. The lowest BCUT2D eigenvalue weighted by molar-refractivity contribution is -0.198. The first-order chi connectivity index (χ1) is 14.6. The molecule has 2 aliphatic rings. The van der Waals surface area contributed by atoms with E-state index in [0.717, 1.165) is 0 Å². The van der Waals surface area contributed by atoms with E-state index in [1.807, 2.05) is 34.6 Å². The van der Waals surface area contributed by atoms with Gasteiger partial charge in [0.25, 0.3) is 0 Å². The van der Waals surface area contributed by atoms with Crippen molar-refractivity contribution in [3.8, 4) is 5.75 Å². The normalized spacial score (nSPS) is 20.5. The van der Waals surface area contributed by atoms with Gasteiger partial charge in [-0.05, 0) is 46.8 Å². The molecule has 1 unspecified atom stereocenters. The number of carbonyl (C=O) groups excluding carboxylic acids is 2. The minimum atomic E-state index is -0.967. The molecule has 1 saturated heterocycles. The quantitative estimate of drug-likeness (QED) is 0.643. The van der Waals surface area contributed by atoms with Gasteiger partial charge in [0.05, 0.1) is 5.56 Å². The first-order valence-electron chi connectivity index (χ1n) is 10.8. The highest BCUT2D eigenvalue weighted by atomic mass is 19.1. The zero-order valence-electron chi connectivity index (χ0n) is 18.9. The molecule has 1 atom stereocenters. The average Bonchev–Trinajstić information content (AvgIpc) is 2.67. The molecule has 0 aromatic heterocycles. The van der Waals surface area contributed by atoms with E-state index in [2.05, 4.69) is 0 Å². The highest BCUT2D eigenvalue weighted by Crippen LogP contribution is 2.45. The van der Waals surface area contributed by atoms with Crippen LogP contribution >= 0.6 is 0 Å². The number of ether oxygens (including phenoxy) is 4. The Morgan fingerprint density at radius 2 is 1.84 bits per heavy atom. The van der Waals surface area contributed by atoms with Gasteiger partial charge in [0.2, 0.25) is 0 Å². The summed E-state index contributed by atoms with van der Waals surface area (Å²) in [4.78, 5) is 27.6. The largest absolute Gasteiger partial charge is 0.485 e. The van der Waals surface area contributed by atoms with Crippen molar-refractivity contribution >= 4 is 11.9 Å². The summed E-state index contributed by atoms with van der Waals surface area (Å²) in [7, 11) is 0. The number of likely N-dealkylation sites (tertiary alicyclic amines) is 1. The van der Waals surface area contributed by atoms with Crippen molar-refractivity contribution in [2.75, 3.05) is 26.3 Å². The number of carbonyl (C=O) groups is 2. The standard InChI is InChI=1S/C23H32FNO6/c1-6-28-20(29-7-2)18-19(26)16-9-8-15(24)14-17(16)30-23(18)10-12-25(13-11-23)21(27)31-22(3,4)5/h8-9,14,18,20H,6-7,10-13H2,1-5H3. The average molecular weight is 438 g/mol. The van der Waals surface area contributed by atoms with Crippen molar-refractivity contribution in [2.24, 2.45) is 5.92 Å². The minimum Gasteiger partial charge on any atom is -0.485 e. The SMILES string of the molecule is CCOC(OCC)C1C(=O)c2ccc(F)cc2OC12CCN(C(=O)OC(C)(C)C)CC2. The van der Waals surface area contributed by atoms with Crippen LogP contribution in [-0.2, 0) is 14.2 Å². The number of benzene rings is 1. The second-order valence-corrected chi connectivity index (χ2v) is 8.90. The fourth-order valence-corrected chi connectivity index (χ4v) is 4.22. The summed E-state index contributed by atoms with van der Waals surface area (Å²) in [6, 6.07) is 3.93. The van der Waals surface area contributed by atoms with Crippen molar-refractivity contribution in [2.45, 2.75) is 65.0 Å². The molecule has 8 heteroatoms. The number of fused-ring (bicyclic) bond motifs is 1. The molecule has 0 bridgehead atoms. The lowest BCUT2D eigenvalue weighted by atomic mass is 9.73. The van der Waals surface area contributed by atoms with Crippen LogP contribution in [0.2, 0.25) is 0 Å². The Bertz CT molecular complexity index is 807. The highest BCUT2D eigenvalue weighted by molar-refractivity contribution is 6.02. The molecule has 1 aromatic carbocycles. The number of piperidine rings is 1. The van der Waals surface area contributed by atoms with E-state index < -0.39 is 35.3 Å². The monoisotopic (exact) mass is 437 g/mol. The topological polar surface area (TPSA) is 74.3 Å². The van der Waals surface area contributed by atoms with Crippen LogP contribution in [0.25, 0.3) is 0 Å². The molecule has 2 aliphatic heterocycles. The zero-order valence-corrected chi connectivity index (χ0v) is 18.9. The van der Waals surface area contributed by atoms with Crippen molar-refractivity contribution in [1.82, 2.24) is 4.90 Å². The molecule has 172 valence electrons. The van der Waals surface area contributed by atoms with Gasteiger partial charge in [0.15, 0.2) is 12.1 Å². The zero-order chi connectivity index (χ0) is 22.8. The smallest absolute Gasteiger partial charge is 0.410 e. The van der Waals surface area contributed by atoms with Gasteiger partial charge in [0, 0.05) is 45.2 Å². The predicted molar refractivity (Wildman–Crippen MR) is 112 cm³/mol. The number of Topliss-reactive ketones (excluding diaryl/α,β-unsaturated/α-hetero) is 1. The number of rotatable bonds is 5. The lowest BCUT2D eigenvalue weighted by Crippen LogP contribution is -2.61. The second kappa shape index (κ2) is 9.12. The van der Waals surface area contributed by atoms with E-state index >= 15 is 0 Å². The predicted octanol–water partition coefficient (Wildman–Crippen LogP) is 4.19. The molecule has 3 rings (SSSR count). The van der Waals surface area contributed by atoms with Crippen LogP contribution in [0.15, 0.2) is 18.2 Å². The van der Waals surface area contributed by atoms with E-state index in [4.69, 9.17) is 18.9 Å². The van der Waals surface area contributed by atoms with E-state index in [1.54, 1.807) is 4.90 Å². The molecule has 2 heterocycles. The van der Waals surface area contributed by atoms with Gasteiger partial charge >= 0.3 is 6.09 Å². The van der Waals surface area contributed by atoms with Gasteiger partial charge in [-0.15, -0.1) is 0 Å². The fraction of sp³-hybridized carbons (Fsp3) is 0.652. The van der Waals surface area contributed by atoms with Gasteiger partial charge in [-0.25, -0.2) is 9.18 Å². The molecular weight excluding hydrogens is 405 g/mol. The third-order valence-corrected chi connectivity index (χ3v) is 5.57. The summed E-state index contributed by atoms with van der Waals surface area (Å²) in [6.07, 6.45) is -0.461. The molecule has 0 radical (unpaired) electrons. The molecular formula is C23H32FNO6. The Morgan fingerprint density at radius 3 is 2.39 bits per heavy atom. The van der Waals surface area contributed by atoms with Crippen molar-refractivity contribution in [1.29, 1.82) is 0 Å². The molecule has 0 N–H and O–H groups in total. The Labute approximate surface area is 182 Å². The van der Waals surface area contributed by atoms with Gasteiger partial charge in [0.1, 0.15) is 28.7 Å². The van der Waals surface area contributed by atoms with E-state index in [-0.39, 0.29) is 11.5 Å². The third-order valence-electron chi connectivity index (χ3n) is 5.57. The Hall–Kier alpha value is -2.19. The number of hydrogen-bond acceptors (Lipinski definition) is 6. The third kappa shape index (κ3) is 5.01. The molecule has 1 spiro atoms. The van der Waals surface area contributed by atoms with Gasteiger partial charge < -0.3 is 23.8 Å². The van der Waals surface area contributed by atoms with Crippen LogP contribution in [0.1, 0.15) is 57.8 Å². The van der Waals surface area contributed by atoms with Crippen LogP contribution in [0, 0.1) is 11.7 Å². The minimum absolute atomic E-state index is 0.195. The van der Waals surface area contributed by atoms with Crippen LogP contribution in [0.5, 0.6) is 5.75 Å². The Morgan fingerprint density at radius 1 is 1.23 bits per heavy atom. The van der Waals surface area contributed by atoms with Gasteiger partial charge in [-0.1, -0.05) is 0 Å². The van der Waals surface area contributed by atoms with Gasteiger partial charge in [-0.2, -0.15) is 0 Å². The van der Waals surface area contributed by atoms with Crippen molar-refractivity contribution in [3.63, 3.8) is 0 Å². The number of hydrogen-bond donors (Lipinski definition) is 0. The molecule has 1 aromatic rings. The molecule has 31 heavy (non-hydrogen) atoms. The molecule has 1 amide bonds. The van der Waals surface area contributed by atoms with Gasteiger partial charge in [-0.3, -0.25) is 4.79 Å². The first kappa shape index (κ1) is 23.5. The number of amides is 1. The van der Waals surface area contributed by atoms with E-state index in [0.29, 0.717) is 44.7 Å². The van der Waals surface area contributed by atoms with Crippen LogP contribution < -0.4 is 4.74 Å². The molecule has 7 nitrogen and oxygen atoms in total. The summed E-state index contributed by atoms with van der Waals surface area (Å²) >= 11 is 0. The lowest BCUT2D eigenvalue weighted by Gasteiger charge is -2.49. The first-order valence-corrected chi connectivity index (χ1v) is 10.8. The summed E-state index contributed by atoms with van der Waals surface area (Å²) in [5.41, 5.74) is -1.25. The highest BCUT2D eigenvalue weighted by Gasteiger charge is 2.55. The summed E-state index contributed by atoms with van der Waals surface area (Å²) in [6.45, 7) is 10.5. The van der Waals surface area contributed by atoms with E-state index in [9.17, 15) is 14.0 Å². The Kier molecular flexibility index (Phi) is 6.91. The maximum absolute atomic E-state index is 13.9. The van der Waals surface area contributed by atoms with Crippen LogP contribution in [-0.4, -0.2) is 60.6 Å². The molecule has 1 fully saturated rings. The van der Waals surface area contributed by atoms with Crippen molar-refractivity contribution in [3.05, 3.63) is 29.6 Å². The van der Waals surface area contributed by atoms with Crippen molar-refractivity contribution < 1.29 is 32.9 Å². The Balaban J connectivity index is 1.92.